The molecule has 2 aromatic rings. The first-order chi connectivity index (χ1) is 13.5. The average molecular weight is 418 g/mol. The van der Waals surface area contributed by atoms with Crippen molar-refractivity contribution in [1.82, 2.24) is 5.32 Å². The van der Waals surface area contributed by atoms with Crippen LogP contribution in [0.5, 0.6) is 0 Å². The van der Waals surface area contributed by atoms with E-state index >= 15 is 0 Å². The van der Waals surface area contributed by atoms with Crippen LogP contribution in [0.3, 0.4) is 0 Å². The third kappa shape index (κ3) is 5.75. The molecule has 1 amide bonds. The summed E-state index contributed by atoms with van der Waals surface area (Å²) in [6.07, 6.45) is 1.51. The van der Waals surface area contributed by atoms with E-state index in [2.05, 4.69) is 17.2 Å². The molecule has 0 bridgehead atoms. The number of hydrogen-bond donors (Lipinski definition) is 2. The molecule has 0 radical (unpaired) electrons. The van der Waals surface area contributed by atoms with Crippen LogP contribution in [0.1, 0.15) is 52.0 Å². The highest BCUT2D eigenvalue weighted by molar-refractivity contribution is 6.31. The van der Waals surface area contributed by atoms with Gasteiger partial charge in [-0.1, -0.05) is 23.4 Å². The average Bonchev–Trinajstić information content (AvgIpc) is 2.61. The van der Waals surface area contributed by atoms with E-state index in [-0.39, 0.29) is 6.04 Å². The Balaban J connectivity index is 1.71. The van der Waals surface area contributed by atoms with Crippen LogP contribution in [0, 0.1) is 11.8 Å². The highest BCUT2D eigenvalue weighted by Gasteiger charge is 2.33. The number of benzene rings is 1. The number of fused-ring (bicyclic) bond motifs is 1. The molecule has 2 N–H and O–H groups in total. The van der Waals surface area contributed by atoms with E-state index in [1.807, 2.05) is 20.8 Å². The van der Waals surface area contributed by atoms with Crippen molar-refractivity contribution >= 4 is 28.7 Å². The minimum atomic E-state index is -1.18. The van der Waals surface area contributed by atoms with Crippen molar-refractivity contribution in [3.8, 4) is 11.8 Å². The van der Waals surface area contributed by atoms with Gasteiger partial charge in [-0.3, -0.25) is 0 Å². The largest absolute Gasteiger partial charge is 0.444 e. The van der Waals surface area contributed by atoms with E-state index in [9.17, 15) is 14.7 Å². The number of ether oxygens (including phenoxy) is 1. The fourth-order valence-electron chi connectivity index (χ4n) is 3.26. The van der Waals surface area contributed by atoms with E-state index in [1.54, 1.807) is 18.2 Å². The smallest absolute Gasteiger partial charge is 0.407 e. The molecule has 1 aliphatic carbocycles. The molecule has 7 heteroatoms. The second kappa shape index (κ2) is 8.10. The van der Waals surface area contributed by atoms with Crippen molar-refractivity contribution in [2.75, 3.05) is 0 Å². The molecule has 154 valence electrons. The maximum absolute atomic E-state index is 11.9. The van der Waals surface area contributed by atoms with E-state index in [0.717, 1.165) is 0 Å². The predicted octanol–water partition coefficient (Wildman–Crippen LogP) is 4.00. The molecule has 29 heavy (non-hydrogen) atoms. The zero-order valence-electron chi connectivity index (χ0n) is 16.7. The fourth-order valence-corrected chi connectivity index (χ4v) is 3.49. The summed E-state index contributed by atoms with van der Waals surface area (Å²) in [4.78, 5) is 23.5. The van der Waals surface area contributed by atoms with Crippen LogP contribution in [-0.2, 0) is 4.74 Å². The van der Waals surface area contributed by atoms with E-state index < -0.39 is 22.9 Å². The van der Waals surface area contributed by atoms with Gasteiger partial charge >= 0.3 is 11.7 Å². The molecule has 1 aromatic heterocycles. The maximum atomic E-state index is 11.9. The lowest BCUT2D eigenvalue weighted by atomic mass is 9.82. The van der Waals surface area contributed by atoms with Crippen LogP contribution in [-0.4, -0.2) is 28.4 Å². The predicted molar refractivity (Wildman–Crippen MR) is 111 cm³/mol. The van der Waals surface area contributed by atoms with Crippen LogP contribution in [0.2, 0.25) is 5.02 Å². The molecule has 0 atom stereocenters. The highest BCUT2D eigenvalue weighted by atomic mass is 35.5. The number of amides is 1. The number of nitrogens with one attached hydrogen (secondary N) is 1. The zero-order valence-corrected chi connectivity index (χ0v) is 17.4. The summed E-state index contributed by atoms with van der Waals surface area (Å²) in [7, 11) is 0. The molecule has 1 heterocycles. The van der Waals surface area contributed by atoms with Gasteiger partial charge in [0, 0.05) is 22.5 Å². The van der Waals surface area contributed by atoms with Gasteiger partial charge < -0.3 is 19.6 Å². The Labute approximate surface area is 174 Å². The molecule has 3 rings (SSSR count). The Morgan fingerprint density at radius 2 is 2.00 bits per heavy atom. The number of hydrogen-bond acceptors (Lipinski definition) is 5. The molecular formula is C22H24ClNO5. The number of aliphatic hydroxyl groups is 1. The zero-order chi connectivity index (χ0) is 21.2. The lowest BCUT2D eigenvalue weighted by Crippen LogP contribution is -2.44. The first-order valence-corrected chi connectivity index (χ1v) is 9.89. The molecule has 0 unspecified atom stereocenters. The van der Waals surface area contributed by atoms with E-state index in [4.69, 9.17) is 20.8 Å². The van der Waals surface area contributed by atoms with Crippen molar-refractivity contribution in [2.45, 2.75) is 63.7 Å². The van der Waals surface area contributed by atoms with Gasteiger partial charge in [0.25, 0.3) is 0 Å². The minimum absolute atomic E-state index is 0.0723. The third-order valence-electron chi connectivity index (χ3n) is 4.65. The van der Waals surface area contributed by atoms with Crippen LogP contribution < -0.4 is 10.9 Å². The topological polar surface area (TPSA) is 88.8 Å². The summed E-state index contributed by atoms with van der Waals surface area (Å²) < 4.78 is 10.5. The summed E-state index contributed by atoms with van der Waals surface area (Å²) in [6.45, 7) is 5.43. The van der Waals surface area contributed by atoms with Gasteiger partial charge in [-0.25, -0.2) is 9.59 Å². The van der Waals surface area contributed by atoms with Crippen LogP contribution in [0.4, 0.5) is 4.79 Å². The highest BCUT2D eigenvalue weighted by Crippen LogP contribution is 2.29. The van der Waals surface area contributed by atoms with Gasteiger partial charge in [0.05, 0.1) is 5.56 Å². The van der Waals surface area contributed by atoms with Gasteiger partial charge in [0.2, 0.25) is 0 Å². The van der Waals surface area contributed by atoms with Gasteiger partial charge in [-0.2, -0.15) is 0 Å². The number of rotatable bonds is 1. The molecule has 1 aliphatic rings. The van der Waals surface area contributed by atoms with Crippen molar-refractivity contribution in [3.05, 3.63) is 45.3 Å². The molecule has 1 fully saturated rings. The fraction of sp³-hybridized carbons (Fsp3) is 0.455. The normalized spacial score (nSPS) is 21.9. The van der Waals surface area contributed by atoms with Crippen molar-refractivity contribution < 1.29 is 19.1 Å². The van der Waals surface area contributed by atoms with E-state index in [1.165, 1.54) is 6.07 Å². The van der Waals surface area contributed by atoms with Crippen molar-refractivity contribution in [3.63, 3.8) is 0 Å². The lowest BCUT2D eigenvalue weighted by molar-refractivity contribution is 0.0343. The van der Waals surface area contributed by atoms with Crippen LogP contribution in [0.25, 0.3) is 11.0 Å². The van der Waals surface area contributed by atoms with Crippen molar-refractivity contribution in [1.29, 1.82) is 0 Å². The number of carbonyl (C=O) groups is 1. The summed E-state index contributed by atoms with van der Waals surface area (Å²) in [6, 6.07) is 6.17. The standard InChI is InChI=1S/C22H24ClNO5/c1-21(2,3)29-20(26)24-17-7-10-22(27,11-8-17)9-6-15-13-16(23)12-14-4-5-18(25)28-19(14)15/h4-5,12-13,17,27H,7-8,10-11H2,1-3H3,(H,24,26)/t17-,22+. The second-order valence-electron chi connectivity index (χ2n) is 8.33. The number of alkyl carbamates (subject to hydrolysis) is 1. The number of carbonyl (C=O) groups excluding carboxylic acids is 1. The van der Waals surface area contributed by atoms with Gasteiger partial charge in [-0.05, 0) is 64.7 Å². The van der Waals surface area contributed by atoms with Crippen LogP contribution in [0.15, 0.2) is 33.5 Å². The molecule has 6 nitrogen and oxygen atoms in total. The lowest BCUT2D eigenvalue weighted by Gasteiger charge is -2.33. The summed E-state index contributed by atoms with van der Waals surface area (Å²) in [5.74, 6) is 5.83. The SMILES string of the molecule is CC(C)(C)OC(=O)N[C@H]1CC[C@](O)(C#Cc2cc(Cl)cc3ccc(=O)oc23)CC1. The maximum Gasteiger partial charge on any atom is 0.407 e. The summed E-state index contributed by atoms with van der Waals surface area (Å²) >= 11 is 6.13. The van der Waals surface area contributed by atoms with Crippen LogP contribution >= 0.6 is 11.6 Å². The monoisotopic (exact) mass is 417 g/mol. The summed E-state index contributed by atoms with van der Waals surface area (Å²) in [5, 5.41) is 14.8. The molecular weight excluding hydrogens is 394 g/mol. The molecule has 0 aliphatic heterocycles. The first kappa shape index (κ1) is 21.2. The first-order valence-electron chi connectivity index (χ1n) is 9.51. The molecule has 0 saturated heterocycles. The Morgan fingerprint density at radius 1 is 1.31 bits per heavy atom. The Hall–Kier alpha value is -2.49. The quantitative estimate of drug-likeness (QED) is 0.540. The van der Waals surface area contributed by atoms with Crippen molar-refractivity contribution in [2.24, 2.45) is 0 Å². The summed E-state index contributed by atoms with van der Waals surface area (Å²) in [5.41, 5.74) is -1.42. The Bertz CT molecular complexity index is 1030. The van der Waals surface area contributed by atoms with Gasteiger partial charge in [0.1, 0.15) is 11.2 Å². The Morgan fingerprint density at radius 3 is 2.66 bits per heavy atom. The van der Waals surface area contributed by atoms with Gasteiger partial charge in [0.15, 0.2) is 5.58 Å². The molecule has 0 spiro atoms. The third-order valence-corrected chi connectivity index (χ3v) is 4.87. The number of halogens is 1. The molecule has 1 aromatic carbocycles. The second-order valence-corrected chi connectivity index (χ2v) is 8.76. The Kier molecular flexibility index (Phi) is 5.92. The molecule has 1 saturated carbocycles. The van der Waals surface area contributed by atoms with Gasteiger partial charge in [-0.15, -0.1) is 0 Å². The van der Waals surface area contributed by atoms with E-state index in [0.29, 0.717) is 47.2 Å². The minimum Gasteiger partial charge on any atom is -0.444 e.